The maximum atomic E-state index is 11.3. The molecule has 0 atom stereocenters. The van der Waals surface area contributed by atoms with Gasteiger partial charge in [0, 0.05) is 13.1 Å². The van der Waals surface area contributed by atoms with Crippen molar-refractivity contribution in [2.75, 3.05) is 19.6 Å². The molecule has 96 valence electrons. The van der Waals surface area contributed by atoms with Gasteiger partial charge in [0.15, 0.2) is 0 Å². The number of hydrogen-bond donors (Lipinski definition) is 1. The van der Waals surface area contributed by atoms with Crippen molar-refractivity contribution < 1.29 is 4.79 Å². The van der Waals surface area contributed by atoms with Crippen molar-refractivity contribution in [3.8, 4) is 0 Å². The average molecular weight is 307 g/mol. The maximum absolute atomic E-state index is 11.3. The van der Waals surface area contributed by atoms with Gasteiger partial charge in [0.2, 0.25) is 0 Å². The SMILES string of the molecule is O=C(Cl)N1CCNCC1=Nc1ccc(Cl)c(Cl)c1. The van der Waals surface area contributed by atoms with E-state index in [2.05, 4.69) is 10.3 Å². The van der Waals surface area contributed by atoms with Crippen LogP contribution in [0.1, 0.15) is 0 Å². The van der Waals surface area contributed by atoms with Gasteiger partial charge in [-0.05, 0) is 29.8 Å². The zero-order chi connectivity index (χ0) is 13.1. The van der Waals surface area contributed by atoms with Gasteiger partial charge >= 0.3 is 5.37 Å². The zero-order valence-corrected chi connectivity index (χ0v) is 11.6. The summed E-state index contributed by atoms with van der Waals surface area (Å²) in [5.74, 6) is 0.569. The lowest BCUT2D eigenvalue weighted by molar-refractivity contribution is 0.240. The van der Waals surface area contributed by atoms with Crippen molar-refractivity contribution in [3.63, 3.8) is 0 Å². The summed E-state index contributed by atoms with van der Waals surface area (Å²) in [5, 5.41) is 3.48. The smallest absolute Gasteiger partial charge is 0.308 e. The predicted molar refractivity (Wildman–Crippen MR) is 74.4 cm³/mol. The molecule has 0 bridgehead atoms. The summed E-state index contributed by atoms with van der Waals surface area (Å²) in [6.45, 7) is 1.68. The van der Waals surface area contributed by atoms with Gasteiger partial charge in [0.05, 0.1) is 22.3 Å². The summed E-state index contributed by atoms with van der Waals surface area (Å²) >= 11 is 17.2. The van der Waals surface area contributed by atoms with E-state index in [0.717, 1.165) is 0 Å². The summed E-state index contributed by atoms with van der Waals surface area (Å²) in [7, 11) is 0. The Morgan fingerprint density at radius 3 is 2.78 bits per heavy atom. The molecule has 1 amide bonds. The van der Waals surface area contributed by atoms with E-state index >= 15 is 0 Å². The number of carbonyl (C=O) groups is 1. The number of hydrogen-bond acceptors (Lipinski definition) is 3. The molecule has 7 heteroatoms. The van der Waals surface area contributed by atoms with Gasteiger partial charge in [-0.3, -0.25) is 9.69 Å². The van der Waals surface area contributed by atoms with Crippen LogP contribution >= 0.6 is 34.8 Å². The van der Waals surface area contributed by atoms with Crippen LogP contribution in [0.2, 0.25) is 10.0 Å². The first-order valence-electron chi connectivity index (χ1n) is 5.28. The molecule has 1 aliphatic rings. The Labute approximate surface area is 120 Å². The van der Waals surface area contributed by atoms with E-state index in [0.29, 0.717) is 41.2 Å². The van der Waals surface area contributed by atoms with Crippen molar-refractivity contribution in [1.82, 2.24) is 10.2 Å². The first-order chi connectivity index (χ1) is 8.58. The minimum absolute atomic E-state index is 0.422. The highest BCUT2D eigenvalue weighted by atomic mass is 35.5. The molecule has 1 saturated heterocycles. The largest absolute Gasteiger partial charge is 0.321 e. The highest BCUT2D eigenvalue weighted by molar-refractivity contribution is 6.64. The third-order valence-corrected chi connectivity index (χ3v) is 3.42. The summed E-state index contributed by atoms with van der Waals surface area (Å²) in [6, 6.07) is 5.03. The number of rotatable bonds is 1. The number of nitrogens with one attached hydrogen (secondary N) is 1. The van der Waals surface area contributed by atoms with Crippen molar-refractivity contribution in [2.24, 2.45) is 4.99 Å². The molecule has 1 N–H and O–H groups in total. The summed E-state index contributed by atoms with van der Waals surface area (Å²) < 4.78 is 0. The molecular weight excluding hydrogens is 296 g/mol. The standard InChI is InChI=1S/C11H10Cl3N3O/c12-8-2-1-7(5-9(8)13)16-10-6-15-3-4-17(10)11(14)18/h1-2,5,15H,3-4,6H2. The van der Waals surface area contributed by atoms with Crippen molar-refractivity contribution in [3.05, 3.63) is 28.2 Å². The monoisotopic (exact) mass is 305 g/mol. The number of amides is 1. The number of halogens is 3. The Kier molecular flexibility index (Phi) is 4.45. The second kappa shape index (κ2) is 5.89. The van der Waals surface area contributed by atoms with Crippen LogP contribution in [-0.2, 0) is 0 Å². The van der Waals surface area contributed by atoms with Crippen LogP contribution in [0, 0.1) is 0 Å². The molecule has 4 nitrogen and oxygen atoms in total. The first-order valence-corrected chi connectivity index (χ1v) is 6.41. The molecule has 0 radical (unpaired) electrons. The van der Waals surface area contributed by atoms with Gasteiger partial charge in [0.1, 0.15) is 5.84 Å². The Morgan fingerprint density at radius 2 is 2.11 bits per heavy atom. The van der Waals surface area contributed by atoms with E-state index in [4.69, 9.17) is 34.8 Å². The topological polar surface area (TPSA) is 44.7 Å². The molecule has 0 unspecified atom stereocenters. The van der Waals surface area contributed by atoms with Crippen LogP contribution < -0.4 is 5.32 Å². The van der Waals surface area contributed by atoms with E-state index < -0.39 is 5.37 Å². The Morgan fingerprint density at radius 1 is 1.33 bits per heavy atom. The van der Waals surface area contributed by atoms with Crippen LogP contribution in [0.5, 0.6) is 0 Å². The molecule has 2 rings (SSSR count). The van der Waals surface area contributed by atoms with Crippen LogP contribution in [-0.4, -0.2) is 35.7 Å². The lowest BCUT2D eigenvalue weighted by atomic mass is 10.3. The molecule has 1 heterocycles. The molecule has 0 aliphatic carbocycles. The minimum atomic E-state index is -0.532. The van der Waals surface area contributed by atoms with Crippen molar-refractivity contribution in [2.45, 2.75) is 0 Å². The second-order valence-corrected chi connectivity index (χ2v) is 4.85. The van der Waals surface area contributed by atoms with Crippen LogP contribution in [0.25, 0.3) is 0 Å². The molecule has 18 heavy (non-hydrogen) atoms. The van der Waals surface area contributed by atoms with E-state index in [9.17, 15) is 4.79 Å². The molecule has 0 saturated carbocycles. The zero-order valence-electron chi connectivity index (χ0n) is 9.29. The summed E-state index contributed by atoms with van der Waals surface area (Å²) in [6.07, 6.45) is 0. The molecule has 1 fully saturated rings. The lowest BCUT2D eigenvalue weighted by Gasteiger charge is -2.26. The number of benzene rings is 1. The number of nitrogens with zero attached hydrogens (tertiary/aromatic N) is 2. The van der Waals surface area contributed by atoms with E-state index in [1.807, 2.05) is 0 Å². The summed E-state index contributed by atoms with van der Waals surface area (Å²) in [5.41, 5.74) is 0.631. The van der Waals surface area contributed by atoms with E-state index in [1.54, 1.807) is 18.2 Å². The van der Waals surface area contributed by atoms with Gasteiger partial charge in [0.25, 0.3) is 0 Å². The van der Waals surface area contributed by atoms with E-state index in [-0.39, 0.29) is 0 Å². The number of aliphatic imine (C=N–C) groups is 1. The Balaban J connectivity index is 2.29. The number of piperazine rings is 1. The molecule has 0 aromatic heterocycles. The molecular formula is C11H10Cl3N3O. The van der Waals surface area contributed by atoms with Crippen LogP contribution in [0.4, 0.5) is 10.5 Å². The Hall–Kier alpha value is -0.810. The van der Waals surface area contributed by atoms with Gasteiger partial charge in [-0.25, -0.2) is 4.99 Å². The van der Waals surface area contributed by atoms with Gasteiger partial charge in [-0.2, -0.15) is 0 Å². The molecule has 0 spiro atoms. The lowest BCUT2D eigenvalue weighted by Crippen LogP contribution is -2.49. The fourth-order valence-electron chi connectivity index (χ4n) is 1.61. The normalized spacial score (nSPS) is 18.2. The number of amidine groups is 1. The van der Waals surface area contributed by atoms with Crippen molar-refractivity contribution in [1.29, 1.82) is 0 Å². The van der Waals surface area contributed by atoms with Gasteiger partial charge in [-0.1, -0.05) is 23.2 Å². The fraction of sp³-hybridized carbons (Fsp3) is 0.273. The fourth-order valence-corrected chi connectivity index (χ4v) is 2.08. The quantitative estimate of drug-likeness (QED) is 0.639. The molecule has 1 aliphatic heterocycles. The maximum Gasteiger partial charge on any atom is 0.321 e. The number of carbonyl (C=O) groups excluding carboxylic acids is 1. The van der Waals surface area contributed by atoms with Crippen LogP contribution in [0.15, 0.2) is 23.2 Å². The van der Waals surface area contributed by atoms with Crippen LogP contribution in [0.3, 0.4) is 0 Å². The van der Waals surface area contributed by atoms with E-state index in [1.165, 1.54) is 4.90 Å². The third-order valence-electron chi connectivity index (χ3n) is 2.48. The molecule has 1 aromatic rings. The van der Waals surface area contributed by atoms with Gasteiger partial charge in [-0.15, -0.1) is 0 Å². The predicted octanol–water partition coefficient (Wildman–Crippen LogP) is 3.29. The van der Waals surface area contributed by atoms with Gasteiger partial charge < -0.3 is 5.32 Å². The summed E-state index contributed by atoms with van der Waals surface area (Å²) in [4.78, 5) is 17.0. The van der Waals surface area contributed by atoms with Crippen molar-refractivity contribution >= 4 is 51.7 Å². The minimum Gasteiger partial charge on any atom is -0.308 e. The average Bonchev–Trinajstić information content (AvgIpc) is 2.34. The first kappa shape index (κ1) is 13.6. The highest BCUT2D eigenvalue weighted by Gasteiger charge is 2.21. The second-order valence-electron chi connectivity index (χ2n) is 3.71. The third kappa shape index (κ3) is 3.14. The Bertz CT molecular complexity index is 504. The molecule has 1 aromatic carbocycles. The highest BCUT2D eigenvalue weighted by Crippen LogP contribution is 2.27.